The normalized spacial score (nSPS) is 15.6. The van der Waals surface area contributed by atoms with Gasteiger partial charge in [0.2, 0.25) is 6.04 Å². The Balaban J connectivity index is 2.71. The Bertz CT molecular complexity index is 572. The second kappa shape index (κ2) is 15.6. The van der Waals surface area contributed by atoms with Gasteiger partial charge in [0.1, 0.15) is 6.61 Å². The van der Waals surface area contributed by atoms with E-state index >= 15 is 0 Å². The lowest BCUT2D eigenvalue weighted by atomic mass is 10.1. The SMILES string of the molecule is CCCCCCCCCCCC1=NC(C(OC(=O)CC)(OC(=O)CC)OC(=O)CC)CO1. The molecule has 8 heteroatoms. The fourth-order valence-electron chi connectivity index (χ4n) is 3.29. The van der Waals surface area contributed by atoms with E-state index in [9.17, 15) is 14.4 Å². The number of esters is 3. The Kier molecular flexibility index (Phi) is 13.6. The van der Waals surface area contributed by atoms with Crippen molar-refractivity contribution in [1.29, 1.82) is 0 Å². The zero-order valence-corrected chi connectivity index (χ0v) is 20.3. The molecule has 0 N–H and O–H groups in total. The Morgan fingerprint density at radius 2 is 1.22 bits per heavy atom. The van der Waals surface area contributed by atoms with Gasteiger partial charge in [-0.15, -0.1) is 0 Å². The standard InChI is InChI=1S/C24H41NO7/c1-5-9-10-11-12-13-14-15-16-17-20-25-19(18-29-20)24(30-21(26)6-2,31-22(27)7-3)32-23(28)8-4/h19H,5-18H2,1-4H3. The smallest absolute Gasteiger partial charge is 0.451 e. The van der Waals surface area contributed by atoms with E-state index in [2.05, 4.69) is 11.9 Å². The average molecular weight is 456 g/mol. The van der Waals surface area contributed by atoms with Crippen molar-refractivity contribution in [3.05, 3.63) is 0 Å². The number of ether oxygens (including phenoxy) is 4. The lowest BCUT2D eigenvalue weighted by Crippen LogP contribution is -2.53. The predicted octanol–water partition coefficient (Wildman–Crippen LogP) is 5.22. The maximum absolute atomic E-state index is 12.1. The summed E-state index contributed by atoms with van der Waals surface area (Å²) in [6.07, 6.45) is 11.6. The molecule has 32 heavy (non-hydrogen) atoms. The van der Waals surface area contributed by atoms with E-state index < -0.39 is 29.9 Å². The average Bonchev–Trinajstić information content (AvgIpc) is 3.27. The molecule has 1 rings (SSSR count). The van der Waals surface area contributed by atoms with Gasteiger partial charge in [-0.1, -0.05) is 79.1 Å². The van der Waals surface area contributed by atoms with Gasteiger partial charge < -0.3 is 18.9 Å². The summed E-state index contributed by atoms with van der Waals surface area (Å²) in [5, 5.41) is 0. The highest BCUT2D eigenvalue weighted by Gasteiger charge is 2.53. The van der Waals surface area contributed by atoms with Crippen LogP contribution in [0, 0.1) is 0 Å². The number of hydrogen-bond donors (Lipinski definition) is 0. The predicted molar refractivity (Wildman–Crippen MR) is 121 cm³/mol. The van der Waals surface area contributed by atoms with Crippen LogP contribution in [-0.2, 0) is 33.3 Å². The van der Waals surface area contributed by atoms with Crippen molar-refractivity contribution in [2.45, 2.75) is 123 Å². The number of hydrogen-bond acceptors (Lipinski definition) is 8. The zero-order chi connectivity index (χ0) is 23.8. The molecule has 0 bridgehead atoms. The highest BCUT2D eigenvalue weighted by molar-refractivity contribution is 5.78. The Morgan fingerprint density at radius 3 is 1.66 bits per heavy atom. The van der Waals surface area contributed by atoms with E-state index in [1.54, 1.807) is 20.8 Å². The number of nitrogens with zero attached hydrogens (tertiary/aromatic N) is 1. The van der Waals surface area contributed by atoms with Crippen LogP contribution in [0.15, 0.2) is 4.99 Å². The summed E-state index contributed by atoms with van der Waals surface area (Å²) in [5.41, 5.74) is 0. The maximum Gasteiger partial charge on any atom is 0.451 e. The van der Waals surface area contributed by atoms with Gasteiger partial charge in [-0.25, -0.2) is 4.99 Å². The van der Waals surface area contributed by atoms with Gasteiger partial charge in [-0.05, 0) is 6.42 Å². The molecule has 0 aromatic heterocycles. The summed E-state index contributed by atoms with van der Waals surface area (Å²) < 4.78 is 21.7. The van der Waals surface area contributed by atoms with Crippen LogP contribution >= 0.6 is 0 Å². The summed E-state index contributed by atoms with van der Waals surface area (Å²) in [6, 6.07) is -0.961. The second-order valence-corrected chi connectivity index (χ2v) is 8.01. The first-order chi connectivity index (χ1) is 15.4. The lowest BCUT2D eigenvalue weighted by molar-refractivity contribution is -0.338. The molecule has 1 atom stereocenters. The van der Waals surface area contributed by atoms with Crippen molar-refractivity contribution in [1.82, 2.24) is 0 Å². The van der Waals surface area contributed by atoms with Gasteiger partial charge in [-0.3, -0.25) is 14.4 Å². The largest absolute Gasteiger partial charge is 0.478 e. The number of unbranched alkanes of at least 4 members (excludes halogenated alkanes) is 8. The van der Waals surface area contributed by atoms with Crippen molar-refractivity contribution >= 4 is 23.8 Å². The van der Waals surface area contributed by atoms with Crippen LogP contribution in [0.3, 0.4) is 0 Å². The summed E-state index contributed by atoms with van der Waals surface area (Å²) in [6.45, 7) is 7.01. The molecule has 8 nitrogen and oxygen atoms in total. The molecule has 1 unspecified atom stereocenters. The monoisotopic (exact) mass is 455 g/mol. The van der Waals surface area contributed by atoms with Gasteiger partial charge in [0.25, 0.3) is 0 Å². The van der Waals surface area contributed by atoms with Crippen LogP contribution in [0.2, 0.25) is 0 Å². The van der Waals surface area contributed by atoms with Gasteiger partial charge in [0, 0.05) is 25.7 Å². The summed E-state index contributed by atoms with van der Waals surface area (Å²) in [5.74, 6) is -3.75. The third-order valence-corrected chi connectivity index (χ3v) is 5.24. The van der Waals surface area contributed by atoms with Crippen LogP contribution in [0.1, 0.15) is 111 Å². The Labute approximate surface area is 192 Å². The van der Waals surface area contributed by atoms with Crippen LogP contribution in [0.4, 0.5) is 0 Å². The molecule has 0 fully saturated rings. The topological polar surface area (TPSA) is 100 Å². The molecule has 0 radical (unpaired) electrons. The minimum atomic E-state index is -2.24. The summed E-state index contributed by atoms with van der Waals surface area (Å²) in [7, 11) is 0. The van der Waals surface area contributed by atoms with Crippen LogP contribution in [-0.4, -0.2) is 42.4 Å². The third kappa shape index (κ3) is 10.0. The molecule has 0 spiro atoms. The van der Waals surface area contributed by atoms with Crippen molar-refractivity contribution in [3.63, 3.8) is 0 Å². The van der Waals surface area contributed by atoms with E-state index in [4.69, 9.17) is 18.9 Å². The number of aliphatic imine (C=N–C) groups is 1. The first-order valence-electron chi connectivity index (χ1n) is 12.3. The minimum Gasteiger partial charge on any atom is -0.478 e. The van der Waals surface area contributed by atoms with Crippen molar-refractivity contribution in [3.8, 4) is 0 Å². The van der Waals surface area contributed by atoms with Crippen molar-refractivity contribution in [2.75, 3.05) is 6.61 Å². The Hall–Kier alpha value is -2.12. The van der Waals surface area contributed by atoms with E-state index in [0.29, 0.717) is 12.3 Å². The molecule has 0 aromatic rings. The minimum absolute atomic E-state index is 0.00224. The highest BCUT2D eigenvalue weighted by Crippen LogP contribution is 2.29. The molecule has 1 heterocycles. The molecular weight excluding hydrogens is 414 g/mol. The van der Waals surface area contributed by atoms with Gasteiger partial charge in [0.05, 0.1) is 0 Å². The van der Waals surface area contributed by atoms with Gasteiger partial charge in [0.15, 0.2) is 5.90 Å². The van der Waals surface area contributed by atoms with Gasteiger partial charge >= 0.3 is 23.9 Å². The van der Waals surface area contributed by atoms with Crippen LogP contribution in [0.5, 0.6) is 0 Å². The molecule has 184 valence electrons. The number of carbonyl (C=O) groups is 3. The van der Waals surface area contributed by atoms with Crippen LogP contribution in [0.25, 0.3) is 0 Å². The quantitative estimate of drug-likeness (QED) is 0.168. The molecule has 1 aliphatic rings. The van der Waals surface area contributed by atoms with Crippen molar-refractivity contribution < 1.29 is 33.3 Å². The molecule has 0 saturated carbocycles. The second-order valence-electron chi connectivity index (χ2n) is 8.01. The molecule has 1 aliphatic heterocycles. The first kappa shape index (κ1) is 27.9. The molecule has 0 aromatic carbocycles. The third-order valence-electron chi connectivity index (χ3n) is 5.24. The lowest BCUT2D eigenvalue weighted by Gasteiger charge is -2.33. The molecular formula is C24H41NO7. The van der Waals surface area contributed by atoms with E-state index in [1.165, 1.54) is 44.9 Å². The van der Waals surface area contributed by atoms with E-state index in [-0.39, 0.29) is 25.9 Å². The molecule has 0 saturated heterocycles. The highest BCUT2D eigenvalue weighted by atomic mass is 16.9. The summed E-state index contributed by atoms with van der Waals surface area (Å²) in [4.78, 5) is 40.7. The number of carbonyl (C=O) groups excluding carboxylic acids is 3. The zero-order valence-electron chi connectivity index (χ0n) is 20.3. The molecule has 0 aliphatic carbocycles. The van der Waals surface area contributed by atoms with E-state index in [0.717, 1.165) is 12.8 Å². The fraction of sp³-hybridized carbons (Fsp3) is 0.833. The van der Waals surface area contributed by atoms with E-state index in [1.807, 2.05) is 0 Å². The maximum atomic E-state index is 12.1. The fourth-order valence-corrected chi connectivity index (χ4v) is 3.29. The van der Waals surface area contributed by atoms with Crippen molar-refractivity contribution in [2.24, 2.45) is 4.99 Å². The number of rotatable bonds is 17. The summed E-state index contributed by atoms with van der Waals surface area (Å²) >= 11 is 0. The van der Waals surface area contributed by atoms with Crippen LogP contribution < -0.4 is 0 Å². The first-order valence-corrected chi connectivity index (χ1v) is 12.3. The Morgan fingerprint density at radius 1 is 0.781 bits per heavy atom. The molecule has 0 amide bonds. The van der Waals surface area contributed by atoms with Gasteiger partial charge in [-0.2, -0.15) is 0 Å².